The molecule has 0 aromatic heterocycles. The summed E-state index contributed by atoms with van der Waals surface area (Å²) in [6, 6.07) is 7.92. The van der Waals surface area contributed by atoms with Crippen LogP contribution in [0.25, 0.3) is 10.8 Å². The van der Waals surface area contributed by atoms with Gasteiger partial charge in [0.15, 0.2) is 25.4 Å². The molecule has 0 aliphatic heterocycles. The number of phenols is 1. The summed E-state index contributed by atoms with van der Waals surface area (Å²) in [6.07, 6.45) is 0. The van der Waals surface area contributed by atoms with Gasteiger partial charge in [-0.2, -0.15) is 33.7 Å². The zero-order valence-electron chi connectivity index (χ0n) is 28.7. The minimum Gasteiger partial charge on any atom is -0.505 e. The van der Waals surface area contributed by atoms with Crippen LogP contribution in [0.4, 0.5) is 28.4 Å². The molecule has 0 spiro atoms. The van der Waals surface area contributed by atoms with Crippen molar-refractivity contribution in [2.24, 2.45) is 20.5 Å². The van der Waals surface area contributed by atoms with Crippen molar-refractivity contribution >= 4 is 99.9 Å². The fourth-order valence-corrected chi connectivity index (χ4v) is 9.07. The minimum atomic E-state index is -5.34. The molecule has 25 nitrogen and oxygen atoms in total. The van der Waals surface area contributed by atoms with E-state index in [0.717, 1.165) is 49.6 Å². The number of rotatable bonds is 17. The third kappa shape index (κ3) is 11.4. The molecule has 316 valence electrons. The summed E-state index contributed by atoms with van der Waals surface area (Å²) < 4.78 is 194. The highest BCUT2D eigenvalue weighted by Crippen LogP contribution is 2.46. The number of nitrogen functional groups attached to an aromatic ring is 1. The van der Waals surface area contributed by atoms with Gasteiger partial charge >= 0.3 is 20.8 Å². The van der Waals surface area contributed by atoms with E-state index in [2.05, 4.69) is 28.8 Å². The number of hydrogen-bond acceptors (Lipinski definition) is 21. The van der Waals surface area contributed by atoms with Crippen molar-refractivity contribution < 1.29 is 86.9 Å². The Bertz CT molecular complexity index is 3050. The van der Waals surface area contributed by atoms with Crippen LogP contribution in [-0.4, -0.2) is 106 Å². The lowest BCUT2D eigenvalue weighted by Crippen LogP contribution is -2.16. The first-order valence-electron chi connectivity index (χ1n) is 14.9. The molecule has 0 heterocycles. The van der Waals surface area contributed by atoms with Gasteiger partial charge in [-0.15, -0.1) is 20.5 Å². The fraction of sp³-hybridized carbons (Fsp3) is 0.185. The number of aromatic hydroxyl groups is 1. The van der Waals surface area contributed by atoms with Crippen molar-refractivity contribution in [3.8, 4) is 11.5 Å². The average molecular weight is 934 g/mol. The predicted octanol–water partition coefficient (Wildman–Crippen LogP) is 2.65. The summed E-state index contributed by atoms with van der Waals surface area (Å²) in [7, 11) is -28.3. The summed E-state index contributed by atoms with van der Waals surface area (Å²) in [6.45, 7) is -2.05. The van der Waals surface area contributed by atoms with Gasteiger partial charge in [0.25, 0.3) is 20.2 Å². The van der Waals surface area contributed by atoms with E-state index in [1.807, 2.05) is 0 Å². The van der Waals surface area contributed by atoms with E-state index >= 15 is 0 Å². The Hall–Kier alpha value is -4.80. The quantitative estimate of drug-likeness (QED) is 0.0503. The van der Waals surface area contributed by atoms with E-state index in [0.29, 0.717) is 12.1 Å². The topological polar surface area (TPSA) is 409 Å². The highest BCUT2D eigenvalue weighted by molar-refractivity contribution is 7.92. The average Bonchev–Trinajstić information content (AvgIpc) is 3.08. The van der Waals surface area contributed by atoms with Gasteiger partial charge in [0.2, 0.25) is 0 Å². The largest absolute Gasteiger partial charge is 0.505 e. The van der Waals surface area contributed by atoms with Crippen molar-refractivity contribution in [3.63, 3.8) is 0 Å². The molecule has 0 radical (unpaired) electrons. The van der Waals surface area contributed by atoms with Crippen LogP contribution in [0.5, 0.6) is 11.5 Å². The molecule has 4 aromatic rings. The van der Waals surface area contributed by atoms with E-state index < -0.39 is 134 Å². The van der Waals surface area contributed by atoms with Crippen LogP contribution in [0, 0.1) is 0 Å². The molecular weight excluding hydrogens is 907 g/mol. The number of nitrogens with zero attached hydrogens (tertiary/aromatic N) is 4. The normalized spacial score (nSPS) is 13.5. The van der Waals surface area contributed by atoms with E-state index in [9.17, 15) is 64.7 Å². The molecular formula is C27H27N5O20S6. The lowest BCUT2D eigenvalue weighted by atomic mass is 10.1. The number of ether oxygens (including phenoxy) is 1. The van der Waals surface area contributed by atoms with Crippen molar-refractivity contribution in [1.82, 2.24) is 0 Å². The second-order valence-electron chi connectivity index (χ2n) is 11.1. The van der Waals surface area contributed by atoms with Gasteiger partial charge in [0.05, 0.1) is 47.3 Å². The molecule has 31 heteroatoms. The Morgan fingerprint density at radius 3 is 1.59 bits per heavy atom. The van der Waals surface area contributed by atoms with Gasteiger partial charge in [-0.05, 0) is 54.6 Å². The molecule has 0 fully saturated rings. The van der Waals surface area contributed by atoms with Crippen LogP contribution >= 0.6 is 0 Å². The highest BCUT2D eigenvalue weighted by Gasteiger charge is 2.26. The number of azo groups is 2. The lowest BCUT2D eigenvalue weighted by molar-refractivity contribution is 0.282. The van der Waals surface area contributed by atoms with Gasteiger partial charge in [-0.1, -0.05) is 0 Å². The van der Waals surface area contributed by atoms with Crippen molar-refractivity contribution in [2.75, 3.05) is 37.6 Å². The Labute approximate surface area is 329 Å². The number of sulfone groups is 2. The van der Waals surface area contributed by atoms with Gasteiger partial charge in [-0.25, -0.2) is 25.2 Å². The first-order valence-corrected chi connectivity index (χ1v) is 23.8. The molecule has 0 saturated heterocycles. The Kier molecular flexibility index (Phi) is 13.3. The van der Waals surface area contributed by atoms with Gasteiger partial charge in [0.1, 0.15) is 38.3 Å². The minimum absolute atomic E-state index is 0.151. The van der Waals surface area contributed by atoms with Crippen LogP contribution in [0.3, 0.4) is 0 Å². The number of hydrogen-bond donors (Lipinski definition) is 6. The fourth-order valence-electron chi connectivity index (χ4n) is 4.69. The predicted molar refractivity (Wildman–Crippen MR) is 197 cm³/mol. The molecule has 0 atom stereocenters. The molecule has 0 aliphatic rings. The smallest absolute Gasteiger partial charge is 0.397 e. The summed E-state index contributed by atoms with van der Waals surface area (Å²) in [5.74, 6) is -3.17. The van der Waals surface area contributed by atoms with Gasteiger partial charge in [0, 0.05) is 10.8 Å². The molecule has 0 amide bonds. The van der Waals surface area contributed by atoms with E-state index in [1.54, 1.807) is 0 Å². The summed E-state index contributed by atoms with van der Waals surface area (Å²) in [5.41, 5.74) is 3.19. The van der Waals surface area contributed by atoms with Crippen LogP contribution in [0.2, 0.25) is 0 Å². The third-order valence-electron chi connectivity index (χ3n) is 7.28. The first kappa shape index (κ1) is 45.9. The number of fused-ring (bicyclic) bond motifs is 1. The maximum atomic E-state index is 12.8. The maximum absolute atomic E-state index is 12.8. The van der Waals surface area contributed by atoms with E-state index in [4.69, 9.17) is 19.6 Å². The van der Waals surface area contributed by atoms with Crippen LogP contribution in [0.15, 0.2) is 94.6 Å². The second-order valence-corrected chi connectivity index (χ2v) is 20.3. The molecule has 0 unspecified atom stereocenters. The highest BCUT2D eigenvalue weighted by atomic mass is 32.3. The molecule has 58 heavy (non-hydrogen) atoms. The molecule has 0 bridgehead atoms. The number of anilines is 1. The van der Waals surface area contributed by atoms with Crippen molar-refractivity contribution in [2.45, 2.75) is 19.6 Å². The summed E-state index contributed by atoms with van der Waals surface area (Å²) in [4.78, 5) is -3.55. The van der Waals surface area contributed by atoms with Crippen LogP contribution in [-0.2, 0) is 69.1 Å². The van der Waals surface area contributed by atoms with Gasteiger partial charge < -0.3 is 15.6 Å². The second kappa shape index (κ2) is 16.8. The molecule has 7 N–H and O–H groups in total. The lowest BCUT2D eigenvalue weighted by Gasteiger charge is -2.12. The maximum Gasteiger partial charge on any atom is 0.397 e. The number of methoxy groups -OCH3 is 1. The molecule has 0 aliphatic carbocycles. The monoisotopic (exact) mass is 933 g/mol. The molecule has 0 saturated carbocycles. The zero-order valence-corrected chi connectivity index (χ0v) is 33.6. The molecule has 4 rings (SSSR count). The number of nitrogens with two attached hydrogens (primary N) is 1. The Morgan fingerprint density at radius 2 is 1.07 bits per heavy atom. The SMILES string of the molecule is COc1ccc(S(=O)(=O)CCOS(=O)(=O)O)cc1N=Nc1c(S(=O)(=O)O)cc2c(N=Nc3ccc(S(=O)(=O)CCOS(=O)(=O)O)cc3S(=O)(=O)O)c(N)ccc2c1O. The number of phenolic OH excluding ortho intramolecular Hbond substituents is 1. The van der Waals surface area contributed by atoms with Crippen molar-refractivity contribution in [1.29, 1.82) is 0 Å². The van der Waals surface area contributed by atoms with Crippen molar-refractivity contribution in [3.05, 3.63) is 54.6 Å². The number of benzene rings is 4. The van der Waals surface area contributed by atoms with E-state index in [1.165, 1.54) is 0 Å². The molecule has 4 aromatic carbocycles. The summed E-state index contributed by atoms with van der Waals surface area (Å²) in [5, 5.41) is 25.6. The standard InChI is InChI=1S/C27H27N5O20S6/c1-50-22-7-3-15(53(34,35)10-8-51-57(44,45)46)12-21(22)30-32-26-24(56(41,42)43)14-18-17(27(26)33)4-5-19(28)25(18)31-29-20-6-2-16(13-23(20)55(38,39)40)54(36,37)11-9-52-58(47,48)49/h2-7,12-14,33H,8-11,28H2,1H3,(H,38,39,40)(H,41,42,43)(H,44,45,46)(H,47,48,49). The van der Waals surface area contributed by atoms with E-state index in [-0.39, 0.29) is 22.2 Å². The Morgan fingerprint density at radius 1 is 0.569 bits per heavy atom. The zero-order chi connectivity index (χ0) is 43.6. The van der Waals surface area contributed by atoms with Crippen LogP contribution < -0.4 is 10.5 Å². The Balaban J connectivity index is 1.83. The van der Waals surface area contributed by atoms with Gasteiger partial charge in [-0.3, -0.25) is 18.2 Å². The first-order chi connectivity index (χ1) is 26.5. The third-order valence-corrected chi connectivity index (χ3v) is 13.3. The van der Waals surface area contributed by atoms with Crippen LogP contribution in [0.1, 0.15) is 0 Å². The summed E-state index contributed by atoms with van der Waals surface area (Å²) >= 11 is 0.